The quantitative estimate of drug-likeness (QED) is 0.510. The number of hydrogen-bond acceptors (Lipinski definition) is 4. The lowest BCUT2D eigenvalue weighted by molar-refractivity contribution is -0.114. The van der Waals surface area contributed by atoms with Gasteiger partial charge in [0.1, 0.15) is 0 Å². The van der Waals surface area contributed by atoms with Crippen molar-refractivity contribution in [2.24, 2.45) is 0 Å². The number of hydrazine groups is 1. The van der Waals surface area contributed by atoms with Crippen LogP contribution < -0.4 is 16.2 Å². The van der Waals surface area contributed by atoms with Gasteiger partial charge in [0.15, 0.2) is 0 Å². The first-order valence-corrected chi connectivity index (χ1v) is 6.27. The molecule has 1 amide bonds. The molecule has 0 atom stereocenters. The topological polar surface area (TPSA) is 53.2 Å². The maximum absolute atomic E-state index is 11.0. The van der Waals surface area contributed by atoms with Crippen LogP contribution in [0.25, 0.3) is 0 Å². The largest absolute Gasteiger partial charge is 0.326 e. The van der Waals surface area contributed by atoms with Gasteiger partial charge < -0.3 is 16.2 Å². The summed E-state index contributed by atoms with van der Waals surface area (Å²) in [7, 11) is 0. The summed E-state index contributed by atoms with van der Waals surface area (Å²) in [6.45, 7) is 1.48. The Hall–Kier alpha value is -2.14. The van der Waals surface area contributed by atoms with Crippen LogP contribution in [0.2, 0.25) is 0 Å². The Kier molecular flexibility index (Phi) is 4.30. The number of benzene rings is 2. The summed E-state index contributed by atoms with van der Waals surface area (Å²) in [4.78, 5) is 11.9. The molecule has 0 spiro atoms. The zero-order valence-corrected chi connectivity index (χ0v) is 11.4. The highest BCUT2D eigenvalue weighted by Crippen LogP contribution is 2.16. The second-order valence-electron chi connectivity index (χ2n) is 4.06. The Balaban J connectivity index is 1.99. The van der Waals surface area contributed by atoms with E-state index in [4.69, 9.17) is 0 Å². The van der Waals surface area contributed by atoms with Crippen LogP contribution in [0.3, 0.4) is 0 Å². The maximum atomic E-state index is 11.0. The fourth-order valence-electron chi connectivity index (χ4n) is 1.57. The normalized spacial score (nSPS) is 9.79. The van der Waals surface area contributed by atoms with E-state index in [0.29, 0.717) is 0 Å². The van der Waals surface area contributed by atoms with Gasteiger partial charge in [-0.3, -0.25) is 4.79 Å². The first-order valence-electron chi connectivity index (χ1n) is 5.82. The minimum Gasteiger partial charge on any atom is -0.326 e. The third-order valence-electron chi connectivity index (χ3n) is 2.40. The molecule has 19 heavy (non-hydrogen) atoms. The molecule has 0 radical (unpaired) electrons. The summed E-state index contributed by atoms with van der Waals surface area (Å²) in [6.07, 6.45) is 0. The van der Waals surface area contributed by atoms with Crippen LogP contribution >= 0.6 is 12.6 Å². The van der Waals surface area contributed by atoms with E-state index in [1.165, 1.54) is 6.92 Å². The molecule has 0 aromatic heterocycles. The molecule has 0 aliphatic heterocycles. The third-order valence-corrected chi connectivity index (χ3v) is 2.70. The number of thiol groups is 1. The Labute approximate surface area is 117 Å². The minimum atomic E-state index is -0.0884. The zero-order valence-electron chi connectivity index (χ0n) is 10.5. The number of hydrogen-bond donors (Lipinski definition) is 4. The molecule has 0 aliphatic rings. The fourth-order valence-corrected chi connectivity index (χ4v) is 1.72. The molecule has 2 aromatic rings. The van der Waals surface area contributed by atoms with Crippen molar-refractivity contribution in [3.63, 3.8) is 0 Å². The van der Waals surface area contributed by atoms with Gasteiger partial charge in [0, 0.05) is 17.5 Å². The molecule has 0 heterocycles. The zero-order chi connectivity index (χ0) is 13.7. The second-order valence-corrected chi connectivity index (χ2v) is 4.58. The molecule has 0 bridgehead atoms. The summed E-state index contributed by atoms with van der Waals surface area (Å²) in [5.41, 5.74) is 8.69. The molecule has 0 fully saturated rings. The molecular weight excluding hydrogens is 258 g/mol. The van der Waals surface area contributed by atoms with Crippen molar-refractivity contribution in [3.05, 3.63) is 48.5 Å². The number of carbonyl (C=O) groups excluding carboxylic acids is 1. The first kappa shape index (κ1) is 13.3. The average molecular weight is 273 g/mol. The van der Waals surface area contributed by atoms with Crippen LogP contribution in [0.1, 0.15) is 6.92 Å². The van der Waals surface area contributed by atoms with Crippen LogP contribution in [0.15, 0.2) is 53.4 Å². The van der Waals surface area contributed by atoms with Gasteiger partial charge in [-0.1, -0.05) is 6.07 Å². The predicted octanol–water partition coefficient (Wildman–Crippen LogP) is 3.37. The maximum Gasteiger partial charge on any atom is 0.221 e. The lowest BCUT2D eigenvalue weighted by Crippen LogP contribution is -2.10. The van der Waals surface area contributed by atoms with Gasteiger partial charge in [-0.2, -0.15) is 0 Å². The Bertz CT molecular complexity index is 569. The van der Waals surface area contributed by atoms with Crippen LogP contribution in [-0.4, -0.2) is 5.91 Å². The highest BCUT2D eigenvalue weighted by Gasteiger charge is 1.97. The van der Waals surface area contributed by atoms with Gasteiger partial charge in [0.25, 0.3) is 0 Å². The molecule has 98 valence electrons. The van der Waals surface area contributed by atoms with Gasteiger partial charge in [0.2, 0.25) is 5.91 Å². The number of rotatable bonds is 4. The standard InChI is InChI=1S/C14H15N3OS/c1-10(18)15-12-3-2-4-13(9-12)17-16-11-5-7-14(19)8-6-11/h2-9,16-17,19H,1H3,(H,15,18). The van der Waals surface area contributed by atoms with E-state index >= 15 is 0 Å². The molecular formula is C14H15N3OS. The van der Waals surface area contributed by atoms with Crippen molar-refractivity contribution in [1.29, 1.82) is 0 Å². The van der Waals surface area contributed by atoms with E-state index in [9.17, 15) is 4.79 Å². The average Bonchev–Trinajstić information content (AvgIpc) is 2.38. The summed E-state index contributed by atoms with van der Waals surface area (Å²) >= 11 is 4.23. The summed E-state index contributed by atoms with van der Waals surface area (Å²) in [5, 5.41) is 2.73. The summed E-state index contributed by atoms with van der Waals surface area (Å²) < 4.78 is 0. The van der Waals surface area contributed by atoms with Crippen LogP contribution in [0.5, 0.6) is 0 Å². The van der Waals surface area contributed by atoms with Gasteiger partial charge in [-0.15, -0.1) is 12.6 Å². The van der Waals surface area contributed by atoms with Crippen molar-refractivity contribution >= 4 is 35.6 Å². The molecule has 2 rings (SSSR count). The molecule has 3 N–H and O–H groups in total. The number of anilines is 3. The van der Waals surface area contributed by atoms with Crippen LogP contribution in [-0.2, 0) is 4.79 Å². The van der Waals surface area contributed by atoms with Gasteiger partial charge >= 0.3 is 0 Å². The van der Waals surface area contributed by atoms with E-state index in [-0.39, 0.29) is 5.91 Å². The minimum absolute atomic E-state index is 0.0884. The molecule has 0 aliphatic carbocycles. The van der Waals surface area contributed by atoms with E-state index < -0.39 is 0 Å². The summed E-state index contributed by atoms with van der Waals surface area (Å²) in [5.74, 6) is -0.0884. The van der Waals surface area contributed by atoms with E-state index in [1.54, 1.807) is 0 Å². The second kappa shape index (κ2) is 6.15. The molecule has 0 saturated heterocycles. The Morgan fingerprint density at radius 2 is 1.58 bits per heavy atom. The van der Waals surface area contributed by atoms with Crippen molar-refractivity contribution in [1.82, 2.24) is 0 Å². The monoisotopic (exact) mass is 273 g/mol. The van der Waals surface area contributed by atoms with Gasteiger partial charge in [-0.05, 0) is 42.5 Å². The lowest BCUT2D eigenvalue weighted by atomic mass is 10.3. The highest BCUT2D eigenvalue weighted by atomic mass is 32.1. The van der Waals surface area contributed by atoms with Gasteiger partial charge in [-0.25, -0.2) is 0 Å². The van der Waals surface area contributed by atoms with Crippen molar-refractivity contribution < 1.29 is 4.79 Å². The van der Waals surface area contributed by atoms with Crippen LogP contribution in [0, 0.1) is 0 Å². The smallest absolute Gasteiger partial charge is 0.221 e. The Morgan fingerprint density at radius 3 is 2.26 bits per heavy atom. The predicted molar refractivity (Wildman–Crippen MR) is 81.7 cm³/mol. The Morgan fingerprint density at radius 1 is 0.947 bits per heavy atom. The fraction of sp³-hybridized carbons (Fsp3) is 0.0714. The van der Waals surface area contributed by atoms with E-state index in [0.717, 1.165) is 22.0 Å². The molecule has 5 heteroatoms. The SMILES string of the molecule is CC(=O)Nc1cccc(NNc2ccc(S)cc2)c1. The summed E-state index contributed by atoms with van der Waals surface area (Å²) in [6, 6.07) is 15.1. The highest BCUT2D eigenvalue weighted by molar-refractivity contribution is 7.80. The number of nitrogens with one attached hydrogen (secondary N) is 3. The first-order chi connectivity index (χ1) is 9.13. The van der Waals surface area contributed by atoms with E-state index in [1.807, 2.05) is 48.5 Å². The number of carbonyl (C=O) groups is 1. The molecule has 0 saturated carbocycles. The molecule has 2 aromatic carbocycles. The van der Waals surface area contributed by atoms with Crippen molar-refractivity contribution in [2.75, 3.05) is 16.2 Å². The molecule has 4 nitrogen and oxygen atoms in total. The van der Waals surface area contributed by atoms with Gasteiger partial charge in [0.05, 0.1) is 11.4 Å². The van der Waals surface area contributed by atoms with E-state index in [2.05, 4.69) is 28.8 Å². The molecule has 0 unspecified atom stereocenters. The lowest BCUT2D eigenvalue weighted by Gasteiger charge is -2.11. The third kappa shape index (κ3) is 4.22. The van der Waals surface area contributed by atoms with Crippen molar-refractivity contribution in [3.8, 4) is 0 Å². The number of amides is 1. The van der Waals surface area contributed by atoms with Crippen molar-refractivity contribution in [2.45, 2.75) is 11.8 Å². The van der Waals surface area contributed by atoms with Crippen LogP contribution in [0.4, 0.5) is 17.1 Å².